The Kier molecular flexibility index (Phi) is 9.03. The zero-order chi connectivity index (χ0) is 10.4. The van der Waals surface area contributed by atoms with E-state index in [2.05, 4.69) is 4.74 Å². The van der Waals surface area contributed by atoms with Crippen LogP contribution >= 0.6 is 0 Å². The van der Waals surface area contributed by atoms with Gasteiger partial charge in [0.2, 0.25) is 0 Å². The number of carbonyl (C=O) groups is 2. The number of nitrogens with two attached hydrogens (primary N) is 2. The summed E-state index contributed by atoms with van der Waals surface area (Å²) in [4.78, 5) is 20.5. The van der Waals surface area contributed by atoms with Gasteiger partial charge in [-0.15, -0.1) is 0 Å². The summed E-state index contributed by atoms with van der Waals surface area (Å²) < 4.78 is 4.35. The molecule has 0 heterocycles. The molecule has 0 saturated heterocycles. The standard InChI is InChI=1S/C7H14N2O4.Pt/c1-4(8)2-3-5(9)13-7(12)6(10)11;/h4-5H,2-3,8-9H2,1H3,(H,10,11);. The van der Waals surface area contributed by atoms with Gasteiger partial charge in [0.1, 0.15) is 0 Å². The van der Waals surface area contributed by atoms with Crippen LogP contribution in [-0.2, 0) is 35.4 Å². The number of carbonyl (C=O) groups excluding carboxylic acids is 1. The van der Waals surface area contributed by atoms with Crippen molar-refractivity contribution in [2.24, 2.45) is 11.5 Å². The van der Waals surface area contributed by atoms with Crippen molar-refractivity contribution in [2.45, 2.75) is 32.0 Å². The average Bonchev–Trinajstić information content (AvgIpc) is 2.00. The summed E-state index contributed by atoms with van der Waals surface area (Å²) in [5.74, 6) is -2.98. The van der Waals surface area contributed by atoms with Crippen LogP contribution in [0.2, 0.25) is 0 Å². The Morgan fingerprint density at radius 1 is 1.36 bits per heavy atom. The van der Waals surface area contributed by atoms with Gasteiger partial charge in [0.25, 0.3) is 0 Å². The Balaban J connectivity index is 0. The largest absolute Gasteiger partial charge is 0.473 e. The van der Waals surface area contributed by atoms with E-state index in [-0.39, 0.29) is 27.1 Å². The molecule has 7 heteroatoms. The number of esters is 1. The molecule has 0 bridgehead atoms. The van der Waals surface area contributed by atoms with Gasteiger partial charge < -0.3 is 15.6 Å². The summed E-state index contributed by atoms with van der Waals surface area (Å²) in [6.45, 7) is 1.78. The minimum absolute atomic E-state index is 0. The van der Waals surface area contributed by atoms with Gasteiger partial charge in [-0.3, -0.25) is 5.73 Å². The summed E-state index contributed by atoms with van der Waals surface area (Å²) in [7, 11) is 0. The van der Waals surface area contributed by atoms with E-state index in [1.807, 2.05) is 0 Å². The molecule has 14 heavy (non-hydrogen) atoms. The first-order chi connectivity index (χ1) is 5.93. The third kappa shape index (κ3) is 8.16. The van der Waals surface area contributed by atoms with Crippen LogP contribution in [0.25, 0.3) is 0 Å². The zero-order valence-corrected chi connectivity index (χ0v) is 9.98. The van der Waals surface area contributed by atoms with Crippen LogP contribution < -0.4 is 11.5 Å². The number of aliphatic carboxylic acids is 1. The second kappa shape index (κ2) is 7.91. The van der Waals surface area contributed by atoms with E-state index in [9.17, 15) is 9.59 Å². The van der Waals surface area contributed by atoms with Gasteiger partial charge in [0, 0.05) is 27.1 Å². The fraction of sp³-hybridized carbons (Fsp3) is 0.714. The van der Waals surface area contributed by atoms with Crippen molar-refractivity contribution in [2.75, 3.05) is 0 Å². The summed E-state index contributed by atoms with van der Waals surface area (Å²) >= 11 is 0. The molecule has 0 amide bonds. The quantitative estimate of drug-likeness (QED) is 0.326. The van der Waals surface area contributed by atoms with Crippen LogP contribution in [0.3, 0.4) is 0 Å². The minimum Gasteiger partial charge on any atom is -0.473 e. The van der Waals surface area contributed by atoms with E-state index in [0.29, 0.717) is 12.8 Å². The van der Waals surface area contributed by atoms with Crippen molar-refractivity contribution in [3.63, 3.8) is 0 Å². The van der Waals surface area contributed by atoms with Gasteiger partial charge in [-0.2, -0.15) is 0 Å². The summed E-state index contributed by atoms with van der Waals surface area (Å²) in [6.07, 6.45) is 0.0414. The Morgan fingerprint density at radius 3 is 2.21 bits per heavy atom. The second-order valence-electron chi connectivity index (χ2n) is 2.80. The molecule has 2 unspecified atom stereocenters. The van der Waals surface area contributed by atoms with Crippen molar-refractivity contribution in [1.29, 1.82) is 0 Å². The molecule has 0 rings (SSSR count). The Morgan fingerprint density at radius 2 is 1.86 bits per heavy atom. The van der Waals surface area contributed by atoms with Crippen molar-refractivity contribution in [1.82, 2.24) is 0 Å². The molecule has 86 valence electrons. The molecular weight excluding hydrogens is 371 g/mol. The van der Waals surface area contributed by atoms with Gasteiger partial charge >= 0.3 is 11.9 Å². The molecular formula is C7H14N2O4Pt. The number of rotatable bonds is 4. The van der Waals surface area contributed by atoms with Crippen LogP contribution in [0, 0.1) is 0 Å². The van der Waals surface area contributed by atoms with Gasteiger partial charge in [-0.05, 0) is 19.8 Å². The molecule has 0 aromatic carbocycles. The molecule has 6 nitrogen and oxygen atoms in total. The molecule has 0 aliphatic carbocycles. The molecule has 0 fully saturated rings. The molecule has 0 saturated carbocycles. The number of hydrogen-bond donors (Lipinski definition) is 3. The zero-order valence-electron chi connectivity index (χ0n) is 7.71. The van der Waals surface area contributed by atoms with E-state index in [0.717, 1.165) is 0 Å². The smallest absolute Gasteiger partial charge is 0.418 e. The minimum atomic E-state index is -1.64. The Labute approximate surface area is 96.2 Å². The van der Waals surface area contributed by atoms with E-state index in [4.69, 9.17) is 16.6 Å². The van der Waals surface area contributed by atoms with Crippen LogP contribution in [0.4, 0.5) is 0 Å². The van der Waals surface area contributed by atoms with Crippen molar-refractivity contribution < 1.29 is 40.5 Å². The van der Waals surface area contributed by atoms with Gasteiger partial charge in [-0.1, -0.05) is 0 Å². The molecule has 0 aliphatic heterocycles. The van der Waals surface area contributed by atoms with Gasteiger partial charge in [0.15, 0.2) is 6.23 Å². The fourth-order valence-electron chi connectivity index (χ4n) is 0.674. The maximum absolute atomic E-state index is 10.5. The second-order valence-corrected chi connectivity index (χ2v) is 2.80. The third-order valence-electron chi connectivity index (χ3n) is 1.34. The predicted octanol–water partition coefficient (Wildman–Crippen LogP) is -0.976. The first-order valence-corrected chi connectivity index (χ1v) is 3.88. The maximum atomic E-state index is 10.5. The summed E-state index contributed by atoms with van der Waals surface area (Å²) in [5.41, 5.74) is 10.7. The Bertz CT molecular complexity index is 198. The van der Waals surface area contributed by atoms with Crippen molar-refractivity contribution in [3.8, 4) is 0 Å². The SMILES string of the molecule is CC(N)CCC(N)OC(=O)C(=O)O.[Pt]. The van der Waals surface area contributed by atoms with Crippen LogP contribution in [0.15, 0.2) is 0 Å². The van der Waals surface area contributed by atoms with E-state index in [1.54, 1.807) is 6.92 Å². The Hall–Kier alpha value is -0.452. The van der Waals surface area contributed by atoms with E-state index >= 15 is 0 Å². The molecule has 0 spiro atoms. The molecule has 5 N–H and O–H groups in total. The normalized spacial score (nSPS) is 13.6. The third-order valence-corrected chi connectivity index (χ3v) is 1.34. The molecule has 0 radical (unpaired) electrons. The maximum Gasteiger partial charge on any atom is 0.418 e. The molecule has 0 aromatic rings. The van der Waals surface area contributed by atoms with Gasteiger partial charge in [-0.25, -0.2) is 9.59 Å². The fourth-order valence-corrected chi connectivity index (χ4v) is 0.674. The first-order valence-electron chi connectivity index (χ1n) is 3.88. The molecule has 0 aliphatic rings. The van der Waals surface area contributed by atoms with Crippen LogP contribution in [0.5, 0.6) is 0 Å². The van der Waals surface area contributed by atoms with Crippen molar-refractivity contribution in [3.05, 3.63) is 0 Å². The van der Waals surface area contributed by atoms with Gasteiger partial charge in [0.05, 0.1) is 0 Å². The number of carboxylic acid groups (broad SMARTS) is 1. The topological polar surface area (TPSA) is 116 Å². The van der Waals surface area contributed by atoms with Crippen molar-refractivity contribution >= 4 is 11.9 Å². The van der Waals surface area contributed by atoms with E-state index in [1.165, 1.54) is 0 Å². The molecule has 0 aromatic heterocycles. The number of hydrogen-bond acceptors (Lipinski definition) is 5. The summed E-state index contributed by atoms with van der Waals surface area (Å²) in [6, 6.07) is -0.0467. The van der Waals surface area contributed by atoms with Crippen LogP contribution in [-0.4, -0.2) is 29.3 Å². The predicted molar refractivity (Wildman–Crippen MR) is 44.6 cm³/mol. The van der Waals surface area contributed by atoms with E-state index < -0.39 is 18.2 Å². The monoisotopic (exact) mass is 385 g/mol. The number of carboxylic acids is 1. The first kappa shape index (κ1) is 16.0. The summed E-state index contributed by atoms with van der Waals surface area (Å²) in [5, 5.41) is 8.15. The van der Waals surface area contributed by atoms with Crippen LogP contribution in [0.1, 0.15) is 19.8 Å². The average molecular weight is 385 g/mol. The number of ether oxygens (including phenoxy) is 1. The molecule has 2 atom stereocenters.